The van der Waals surface area contributed by atoms with Gasteiger partial charge in [0, 0.05) is 16.7 Å². The van der Waals surface area contributed by atoms with E-state index < -0.39 is 132 Å². The Balaban J connectivity index is 2.36. The molecule has 0 bridgehead atoms. The van der Waals surface area contributed by atoms with Gasteiger partial charge in [-0.15, -0.1) is 0 Å². The number of nitrogens with zero attached hydrogens (tertiary/aromatic N) is 6. The van der Waals surface area contributed by atoms with E-state index in [2.05, 4.69) is 4.98 Å². The van der Waals surface area contributed by atoms with Crippen molar-refractivity contribution in [3.8, 4) is 18.2 Å². The van der Waals surface area contributed by atoms with E-state index in [1.165, 1.54) is 0 Å². The fourth-order valence-corrected chi connectivity index (χ4v) is 4.34. The standard InChI is InChI=1S/C27H3F15N6/c1-5-15(28)12(18(31)23(34)46-5)6(2-43)9-10(7(3-44)13-16(29)21(26(37,38)39)47-24(35)19(13)32)11(9)8(4-45)14-17(30)22(27(40,41)42)48-25(36)20(14)33/h1H3. The van der Waals surface area contributed by atoms with Crippen molar-refractivity contribution in [1.82, 2.24) is 15.0 Å². The number of allylic oxidation sites excluding steroid dienone is 6. The summed E-state index contributed by atoms with van der Waals surface area (Å²) in [4.78, 5) is 6.89. The van der Waals surface area contributed by atoms with Gasteiger partial charge in [-0.3, -0.25) is 0 Å². The van der Waals surface area contributed by atoms with Gasteiger partial charge in [0.15, 0.2) is 46.3 Å². The highest BCUT2D eigenvalue weighted by atomic mass is 19.4. The molecule has 0 N–H and O–H groups in total. The van der Waals surface area contributed by atoms with Gasteiger partial charge in [0.25, 0.3) is 0 Å². The average molecular weight is 696 g/mol. The van der Waals surface area contributed by atoms with Gasteiger partial charge in [-0.25, -0.2) is 41.3 Å². The first-order valence-corrected chi connectivity index (χ1v) is 11.8. The number of nitriles is 3. The number of alkyl halides is 6. The van der Waals surface area contributed by atoms with Gasteiger partial charge in [-0.2, -0.15) is 55.3 Å². The van der Waals surface area contributed by atoms with E-state index >= 15 is 13.2 Å². The maximum absolute atomic E-state index is 15.1. The average Bonchev–Trinajstić information content (AvgIpc) is 3.70. The van der Waals surface area contributed by atoms with Crippen LogP contribution in [0, 0.1) is 93.7 Å². The first-order chi connectivity index (χ1) is 22.1. The second-order valence-corrected chi connectivity index (χ2v) is 9.08. The van der Waals surface area contributed by atoms with Gasteiger partial charge in [-0.1, -0.05) is 0 Å². The van der Waals surface area contributed by atoms with Gasteiger partial charge < -0.3 is 0 Å². The molecule has 4 rings (SSSR count). The van der Waals surface area contributed by atoms with E-state index in [4.69, 9.17) is 0 Å². The Bertz CT molecular complexity index is 2050. The van der Waals surface area contributed by atoms with Gasteiger partial charge in [0.2, 0.25) is 17.8 Å². The molecule has 3 aromatic rings. The van der Waals surface area contributed by atoms with Crippen LogP contribution in [0.5, 0.6) is 0 Å². The molecule has 0 radical (unpaired) electrons. The molecule has 0 atom stereocenters. The summed E-state index contributed by atoms with van der Waals surface area (Å²) in [5, 5.41) is 29.3. The smallest absolute Gasteiger partial charge is 0.219 e. The molecular formula is C27H3F15N6. The molecule has 0 aliphatic heterocycles. The lowest BCUT2D eigenvalue weighted by atomic mass is 10.0. The maximum Gasteiger partial charge on any atom is 0.436 e. The predicted octanol–water partition coefficient (Wildman–Crippen LogP) is 7.72. The minimum Gasteiger partial charge on any atom is -0.219 e. The molecule has 0 spiro atoms. The van der Waals surface area contributed by atoms with Crippen LogP contribution >= 0.6 is 0 Å². The van der Waals surface area contributed by atoms with Crippen LogP contribution in [0.3, 0.4) is 0 Å². The molecular weight excluding hydrogens is 693 g/mol. The summed E-state index contributed by atoms with van der Waals surface area (Å²) < 4.78 is 213. The van der Waals surface area contributed by atoms with Gasteiger partial charge in [-0.05, 0) is 6.92 Å². The van der Waals surface area contributed by atoms with Crippen LogP contribution in [0.15, 0.2) is 16.7 Å². The first kappa shape index (κ1) is 35.0. The highest BCUT2D eigenvalue weighted by Crippen LogP contribution is 2.57. The maximum atomic E-state index is 15.1. The molecule has 0 saturated heterocycles. The summed E-state index contributed by atoms with van der Waals surface area (Å²) in [7, 11) is 0. The SMILES string of the molecule is Cc1nc(F)c(F)c(C(C#N)=C2C(=C(C#N)c3c(F)c(F)nc(C(F)(F)F)c3F)C2=C(C#N)c2c(F)c(F)nc(C(F)(F)F)c2F)c1F. The Labute approximate surface area is 254 Å². The second kappa shape index (κ2) is 11.7. The Morgan fingerprint density at radius 2 is 0.729 bits per heavy atom. The van der Waals surface area contributed by atoms with E-state index in [0.29, 0.717) is 6.92 Å². The molecule has 0 aromatic carbocycles. The number of rotatable bonds is 3. The molecule has 1 aliphatic carbocycles. The first-order valence-electron chi connectivity index (χ1n) is 11.8. The molecule has 1 fully saturated rings. The van der Waals surface area contributed by atoms with E-state index in [0.717, 1.165) is 18.2 Å². The zero-order chi connectivity index (χ0) is 36.4. The van der Waals surface area contributed by atoms with Crippen LogP contribution in [0.4, 0.5) is 65.9 Å². The highest BCUT2D eigenvalue weighted by molar-refractivity contribution is 6.12. The van der Waals surface area contributed by atoms with Gasteiger partial charge in [0.1, 0.15) is 18.2 Å². The zero-order valence-corrected chi connectivity index (χ0v) is 22.4. The Morgan fingerprint density at radius 3 is 1.00 bits per heavy atom. The molecule has 0 unspecified atom stereocenters. The van der Waals surface area contributed by atoms with Crippen molar-refractivity contribution in [2.45, 2.75) is 19.3 Å². The third-order valence-corrected chi connectivity index (χ3v) is 6.34. The van der Waals surface area contributed by atoms with E-state index in [1.54, 1.807) is 0 Å². The molecule has 21 heteroatoms. The van der Waals surface area contributed by atoms with E-state index in [9.17, 15) is 68.5 Å². The topological polar surface area (TPSA) is 110 Å². The fourth-order valence-electron chi connectivity index (χ4n) is 4.34. The van der Waals surface area contributed by atoms with Crippen molar-refractivity contribution >= 4 is 16.7 Å². The van der Waals surface area contributed by atoms with E-state index in [-0.39, 0.29) is 0 Å². The lowest BCUT2D eigenvalue weighted by molar-refractivity contribution is -0.145. The Hall–Kier alpha value is -5.91. The highest BCUT2D eigenvalue weighted by Gasteiger charge is 2.48. The summed E-state index contributed by atoms with van der Waals surface area (Å²) in [6, 6.07) is 2.68. The summed E-state index contributed by atoms with van der Waals surface area (Å²) in [6.07, 6.45) is -11.9. The molecule has 3 aromatic heterocycles. The number of aromatic nitrogens is 3. The minimum absolute atomic E-state index is 0.676. The molecule has 1 aliphatic rings. The number of hydrogen-bond donors (Lipinski definition) is 0. The van der Waals surface area contributed by atoms with Crippen LogP contribution in [-0.2, 0) is 12.4 Å². The second-order valence-electron chi connectivity index (χ2n) is 9.08. The normalized spacial score (nSPS) is 15.1. The van der Waals surface area contributed by atoms with Crippen molar-refractivity contribution in [1.29, 1.82) is 15.8 Å². The Morgan fingerprint density at radius 1 is 0.458 bits per heavy atom. The minimum atomic E-state index is -5.93. The van der Waals surface area contributed by atoms with Crippen LogP contribution in [-0.4, -0.2) is 15.0 Å². The van der Waals surface area contributed by atoms with Crippen molar-refractivity contribution in [2.75, 3.05) is 0 Å². The summed E-state index contributed by atoms with van der Waals surface area (Å²) in [5.74, 6) is -23.0. The van der Waals surface area contributed by atoms with Crippen LogP contribution < -0.4 is 0 Å². The monoisotopic (exact) mass is 696 g/mol. The molecule has 3 heterocycles. The predicted molar refractivity (Wildman–Crippen MR) is 125 cm³/mol. The summed E-state index contributed by atoms with van der Waals surface area (Å²) in [6.45, 7) is 0.676. The number of hydrogen-bond acceptors (Lipinski definition) is 6. The fraction of sp³-hybridized carbons (Fsp3) is 0.111. The molecule has 0 amide bonds. The van der Waals surface area contributed by atoms with Crippen molar-refractivity contribution in [3.63, 3.8) is 0 Å². The van der Waals surface area contributed by atoms with Gasteiger partial charge >= 0.3 is 12.4 Å². The summed E-state index contributed by atoms with van der Waals surface area (Å²) >= 11 is 0. The summed E-state index contributed by atoms with van der Waals surface area (Å²) in [5.41, 5.74) is -23.2. The van der Waals surface area contributed by atoms with Crippen LogP contribution in [0.25, 0.3) is 16.7 Å². The molecule has 6 nitrogen and oxygen atoms in total. The van der Waals surface area contributed by atoms with Crippen molar-refractivity contribution < 1.29 is 65.9 Å². The molecule has 246 valence electrons. The molecule has 1 saturated carbocycles. The molecule has 48 heavy (non-hydrogen) atoms. The largest absolute Gasteiger partial charge is 0.436 e. The van der Waals surface area contributed by atoms with Crippen LogP contribution in [0.2, 0.25) is 0 Å². The zero-order valence-electron chi connectivity index (χ0n) is 22.4. The third kappa shape index (κ3) is 5.44. The van der Waals surface area contributed by atoms with Gasteiger partial charge in [0.05, 0.1) is 39.1 Å². The van der Waals surface area contributed by atoms with Crippen LogP contribution in [0.1, 0.15) is 33.8 Å². The number of halogens is 15. The Kier molecular flexibility index (Phi) is 8.53. The lowest BCUT2D eigenvalue weighted by Crippen LogP contribution is -2.16. The van der Waals surface area contributed by atoms with Crippen molar-refractivity contribution in [2.24, 2.45) is 0 Å². The van der Waals surface area contributed by atoms with Crippen molar-refractivity contribution in [3.05, 3.63) is 103 Å². The van der Waals surface area contributed by atoms with E-state index in [1.807, 2.05) is 9.97 Å². The third-order valence-electron chi connectivity index (χ3n) is 6.34. The number of pyridine rings is 3. The lowest BCUT2D eigenvalue weighted by Gasteiger charge is -2.11. The quantitative estimate of drug-likeness (QED) is 0.158. The number of aryl methyl sites for hydroxylation is 1.